The fraction of sp³-hybridized carbons (Fsp3) is 0.250. The highest BCUT2D eigenvalue weighted by Gasteiger charge is 2.27. The predicted octanol–water partition coefficient (Wildman–Crippen LogP) is 4.65. The number of ether oxygens (including phenoxy) is 2. The summed E-state index contributed by atoms with van der Waals surface area (Å²) in [6, 6.07) is 9.57. The van der Waals surface area contributed by atoms with E-state index < -0.39 is 6.09 Å². The maximum atomic E-state index is 12.1. The molecule has 9 heteroatoms. The molecule has 4 heterocycles. The first-order valence-electron chi connectivity index (χ1n) is 10.7. The minimum absolute atomic E-state index is 0.150. The third kappa shape index (κ3) is 4.05. The van der Waals surface area contributed by atoms with Crippen molar-refractivity contribution in [2.24, 2.45) is 0 Å². The van der Waals surface area contributed by atoms with Gasteiger partial charge in [0.25, 0.3) is 0 Å². The predicted molar refractivity (Wildman–Crippen MR) is 124 cm³/mol. The summed E-state index contributed by atoms with van der Waals surface area (Å²) in [6.07, 6.45) is 5.70. The third-order valence-electron chi connectivity index (χ3n) is 5.76. The Balaban J connectivity index is 1.41. The number of pyridine rings is 2. The lowest BCUT2D eigenvalue weighted by molar-refractivity contribution is -0.117. The van der Waals surface area contributed by atoms with E-state index in [1.807, 2.05) is 42.3 Å². The van der Waals surface area contributed by atoms with Crippen LogP contribution in [0.1, 0.15) is 31.4 Å². The molecule has 3 aromatic rings. The van der Waals surface area contributed by atoms with Crippen LogP contribution in [0.4, 0.5) is 27.7 Å². The van der Waals surface area contributed by atoms with Crippen LogP contribution in [0.5, 0.6) is 5.75 Å². The van der Waals surface area contributed by atoms with E-state index in [1.54, 1.807) is 12.3 Å². The molecular weight excluding hydrogens is 422 g/mol. The number of nitrogens with zero attached hydrogens (tertiary/aromatic N) is 3. The standard InChI is InChI=1S/C24H23N5O4/c1-14-19-10-22(27-15-8-16(12-25-11-15)28-24(31)32-2)26-13-20(19)18-6-5-17(9-21(18)33-14)29-7-3-4-23(29)30/h5-6,8-14H,3-4,7H2,1-2H3,(H,26,27)(H,28,31). The van der Waals surface area contributed by atoms with E-state index in [0.717, 1.165) is 41.1 Å². The van der Waals surface area contributed by atoms with Crippen LogP contribution in [0.25, 0.3) is 11.1 Å². The number of nitrogens with one attached hydrogen (secondary N) is 2. The Morgan fingerprint density at radius 3 is 2.79 bits per heavy atom. The molecule has 0 aliphatic carbocycles. The first kappa shape index (κ1) is 20.7. The smallest absolute Gasteiger partial charge is 0.411 e. The second kappa shape index (κ2) is 8.42. The summed E-state index contributed by atoms with van der Waals surface area (Å²) in [7, 11) is 1.30. The molecule has 0 saturated carbocycles. The Hall–Kier alpha value is -4.14. The van der Waals surface area contributed by atoms with Crippen LogP contribution in [-0.4, -0.2) is 35.6 Å². The van der Waals surface area contributed by atoms with Gasteiger partial charge in [-0.05, 0) is 37.6 Å². The summed E-state index contributed by atoms with van der Waals surface area (Å²) < 4.78 is 10.8. The van der Waals surface area contributed by atoms with Gasteiger partial charge in [-0.2, -0.15) is 0 Å². The Bertz CT molecular complexity index is 1250. The molecule has 168 valence electrons. The van der Waals surface area contributed by atoms with Crippen LogP contribution in [0, 0.1) is 0 Å². The molecule has 1 aromatic carbocycles. The molecule has 2 amide bonds. The molecule has 1 saturated heterocycles. The number of hydrogen-bond donors (Lipinski definition) is 2. The van der Waals surface area contributed by atoms with E-state index in [2.05, 4.69) is 25.3 Å². The van der Waals surface area contributed by atoms with Gasteiger partial charge in [-0.1, -0.05) is 0 Å². The monoisotopic (exact) mass is 445 g/mol. The van der Waals surface area contributed by atoms with Crippen LogP contribution in [0.2, 0.25) is 0 Å². The zero-order chi connectivity index (χ0) is 22.9. The van der Waals surface area contributed by atoms with E-state index in [0.29, 0.717) is 23.6 Å². The molecule has 1 fully saturated rings. The topological polar surface area (TPSA) is 106 Å². The van der Waals surface area contributed by atoms with Crippen LogP contribution in [0.15, 0.2) is 48.9 Å². The summed E-state index contributed by atoms with van der Waals surface area (Å²) in [6.45, 7) is 2.73. The Morgan fingerprint density at radius 2 is 2.00 bits per heavy atom. The summed E-state index contributed by atoms with van der Waals surface area (Å²) in [4.78, 5) is 34.1. The van der Waals surface area contributed by atoms with Crippen molar-refractivity contribution >= 4 is 34.9 Å². The SMILES string of the molecule is COC(=O)Nc1cncc(Nc2cc3c(cn2)-c2ccc(N4CCCC4=O)cc2OC3C)c1. The summed E-state index contributed by atoms with van der Waals surface area (Å²) in [5.74, 6) is 1.53. The first-order valence-corrected chi connectivity index (χ1v) is 10.7. The number of aromatic nitrogens is 2. The van der Waals surface area contributed by atoms with Gasteiger partial charge in [0.15, 0.2) is 0 Å². The van der Waals surface area contributed by atoms with E-state index in [1.165, 1.54) is 13.3 Å². The van der Waals surface area contributed by atoms with Gasteiger partial charge in [0, 0.05) is 47.6 Å². The lowest BCUT2D eigenvalue weighted by atomic mass is 9.94. The normalized spacial score (nSPS) is 16.5. The number of fused-ring (bicyclic) bond motifs is 3. The van der Waals surface area contributed by atoms with Crippen LogP contribution in [-0.2, 0) is 9.53 Å². The number of rotatable bonds is 4. The number of benzene rings is 1. The van der Waals surface area contributed by atoms with Crippen molar-refractivity contribution in [3.63, 3.8) is 0 Å². The fourth-order valence-electron chi connectivity index (χ4n) is 4.17. The molecule has 1 unspecified atom stereocenters. The average Bonchev–Trinajstić information content (AvgIpc) is 3.25. The van der Waals surface area contributed by atoms with Gasteiger partial charge in [-0.15, -0.1) is 0 Å². The van der Waals surface area contributed by atoms with Gasteiger partial charge >= 0.3 is 6.09 Å². The van der Waals surface area contributed by atoms with E-state index >= 15 is 0 Å². The highest BCUT2D eigenvalue weighted by molar-refractivity contribution is 5.96. The van der Waals surface area contributed by atoms with Crippen LogP contribution >= 0.6 is 0 Å². The molecule has 5 rings (SSSR count). The maximum absolute atomic E-state index is 12.1. The first-order chi connectivity index (χ1) is 16.0. The number of anilines is 4. The van der Waals surface area contributed by atoms with Crippen LogP contribution < -0.4 is 20.3 Å². The molecule has 2 aliphatic heterocycles. The van der Waals surface area contributed by atoms with Crippen molar-refractivity contribution < 1.29 is 19.1 Å². The number of methoxy groups -OCH3 is 1. The van der Waals surface area contributed by atoms with Crippen molar-refractivity contribution in [3.8, 4) is 16.9 Å². The van der Waals surface area contributed by atoms with Gasteiger partial charge in [-0.25, -0.2) is 9.78 Å². The van der Waals surface area contributed by atoms with Crippen molar-refractivity contribution in [2.75, 3.05) is 29.2 Å². The molecule has 2 aromatic heterocycles. The second-order valence-electron chi connectivity index (χ2n) is 7.95. The number of carbonyl (C=O) groups excluding carboxylic acids is 2. The molecule has 0 bridgehead atoms. The van der Waals surface area contributed by atoms with Crippen LogP contribution in [0.3, 0.4) is 0 Å². The molecule has 0 spiro atoms. The van der Waals surface area contributed by atoms with Gasteiger partial charge < -0.3 is 19.7 Å². The largest absolute Gasteiger partial charge is 0.485 e. The summed E-state index contributed by atoms with van der Waals surface area (Å²) in [5, 5.41) is 5.80. The van der Waals surface area contributed by atoms with Gasteiger partial charge in [-0.3, -0.25) is 15.1 Å². The Morgan fingerprint density at radius 1 is 1.15 bits per heavy atom. The van der Waals surface area contributed by atoms with Crippen molar-refractivity contribution in [1.29, 1.82) is 0 Å². The zero-order valence-electron chi connectivity index (χ0n) is 18.3. The molecule has 33 heavy (non-hydrogen) atoms. The molecule has 9 nitrogen and oxygen atoms in total. The van der Waals surface area contributed by atoms with Gasteiger partial charge in [0.1, 0.15) is 17.7 Å². The van der Waals surface area contributed by atoms with Crippen molar-refractivity contribution in [1.82, 2.24) is 9.97 Å². The molecule has 2 aliphatic rings. The minimum atomic E-state index is -0.567. The number of hydrogen-bond acceptors (Lipinski definition) is 7. The Labute approximate surface area is 190 Å². The number of carbonyl (C=O) groups is 2. The third-order valence-corrected chi connectivity index (χ3v) is 5.76. The second-order valence-corrected chi connectivity index (χ2v) is 7.95. The zero-order valence-corrected chi connectivity index (χ0v) is 18.3. The molecule has 2 N–H and O–H groups in total. The number of amides is 2. The minimum Gasteiger partial charge on any atom is -0.485 e. The van der Waals surface area contributed by atoms with E-state index in [9.17, 15) is 9.59 Å². The molecule has 1 atom stereocenters. The van der Waals surface area contributed by atoms with Gasteiger partial charge in [0.05, 0.1) is 30.9 Å². The van der Waals surface area contributed by atoms with Crippen molar-refractivity contribution in [3.05, 3.63) is 54.5 Å². The summed E-state index contributed by atoms with van der Waals surface area (Å²) >= 11 is 0. The fourth-order valence-corrected chi connectivity index (χ4v) is 4.17. The molecular formula is C24H23N5O4. The highest BCUT2D eigenvalue weighted by Crippen LogP contribution is 2.44. The Kier molecular flexibility index (Phi) is 5.29. The van der Waals surface area contributed by atoms with Crippen molar-refractivity contribution in [2.45, 2.75) is 25.9 Å². The van der Waals surface area contributed by atoms with E-state index in [4.69, 9.17) is 4.74 Å². The van der Waals surface area contributed by atoms with E-state index in [-0.39, 0.29) is 12.0 Å². The average molecular weight is 445 g/mol. The maximum Gasteiger partial charge on any atom is 0.411 e. The quantitative estimate of drug-likeness (QED) is 0.602. The lowest BCUT2D eigenvalue weighted by Gasteiger charge is -2.28. The van der Waals surface area contributed by atoms with Gasteiger partial charge in [0.2, 0.25) is 5.91 Å². The molecule has 0 radical (unpaired) electrons. The highest BCUT2D eigenvalue weighted by atomic mass is 16.5. The summed E-state index contributed by atoms with van der Waals surface area (Å²) in [5.41, 5.74) is 4.98. The lowest BCUT2D eigenvalue weighted by Crippen LogP contribution is -2.24.